The van der Waals surface area contributed by atoms with Crippen LogP contribution >= 0.6 is 15.6 Å². The van der Waals surface area contributed by atoms with Gasteiger partial charge in [-0.3, -0.25) is 37.3 Å². The van der Waals surface area contributed by atoms with Crippen LogP contribution < -0.4 is 0 Å². The molecule has 0 bridgehead atoms. The van der Waals surface area contributed by atoms with E-state index in [1.165, 1.54) is 193 Å². The summed E-state index contributed by atoms with van der Waals surface area (Å²) in [6.07, 6.45) is 52.8. The predicted octanol–water partition coefficient (Wildman–Crippen LogP) is 22.8. The minimum atomic E-state index is -4.96. The highest BCUT2D eigenvalue weighted by atomic mass is 31.2. The molecule has 576 valence electrons. The first-order chi connectivity index (χ1) is 46.7. The van der Waals surface area contributed by atoms with Crippen molar-refractivity contribution in [2.45, 2.75) is 414 Å². The Morgan fingerprint density at radius 2 is 0.495 bits per heavy atom. The van der Waals surface area contributed by atoms with Gasteiger partial charge in [0.05, 0.1) is 26.4 Å². The van der Waals surface area contributed by atoms with E-state index in [2.05, 4.69) is 55.4 Å². The van der Waals surface area contributed by atoms with E-state index < -0.39 is 97.5 Å². The van der Waals surface area contributed by atoms with Crippen LogP contribution in [0.1, 0.15) is 396 Å². The second-order valence-electron chi connectivity index (χ2n) is 29.5. The van der Waals surface area contributed by atoms with Crippen molar-refractivity contribution in [3.63, 3.8) is 0 Å². The largest absolute Gasteiger partial charge is 0.472 e. The van der Waals surface area contributed by atoms with Crippen LogP contribution in [0.2, 0.25) is 0 Å². The Morgan fingerprint density at radius 1 is 0.289 bits per heavy atom. The van der Waals surface area contributed by atoms with Gasteiger partial charge in [-0.25, -0.2) is 9.13 Å². The molecule has 0 radical (unpaired) electrons. The lowest BCUT2D eigenvalue weighted by atomic mass is 9.99. The summed E-state index contributed by atoms with van der Waals surface area (Å²) in [5, 5.41) is 10.6. The van der Waals surface area contributed by atoms with Crippen LogP contribution in [0, 0.1) is 23.7 Å². The predicted molar refractivity (Wildman–Crippen MR) is 395 cm³/mol. The van der Waals surface area contributed by atoms with Gasteiger partial charge in [0.25, 0.3) is 0 Å². The second kappa shape index (κ2) is 67.2. The first-order valence-corrected chi connectivity index (χ1v) is 43.3. The highest BCUT2D eigenvalue weighted by Crippen LogP contribution is 2.45. The van der Waals surface area contributed by atoms with E-state index in [4.69, 9.17) is 37.0 Å². The monoisotopic (exact) mass is 1420 g/mol. The molecule has 0 aliphatic rings. The summed E-state index contributed by atoms with van der Waals surface area (Å²) in [7, 11) is -9.92. The maximum Gasteiger partial charge on any atom is 0.472 e. The molecule has 0 rings (SSSR count). The average Bonchev–Trinajstić information content (AvgIpc) is 1.38. The molecule has 0 saturated carbocycles. The summed E-state index contributed by atoms with van der Waals surface area (Å²) in [5.41, 5.74) is 0. The lowest BCUT2D eigenvalue weighted by Gasteiger charge is -2.21. The molecule has 0 heterocycles. The van der Waals surface area contributed by atoms with Gasteiger partial charge in [-0.1, -0.05) is 344 Å². The number of phosphoric ester groups is 2. The van der Waals surface area contributed by atoms with Gasteiger partial charge in [0, 0.05) is 25.7 Å². The van der Waals surface area contributed by atoms with Crippen molar-refractivity contribution in [2.24, 2.45) is 23.7 Å². The maximum atomic E-state index is 13.1. The molecule has 4 unspecified atom stereocenters. The number of ether oxygens (including phenoxy) is 4. The van der Waals surface area contributed by atoms with E-state index in [0.717, 1.165) is 120 Å². The molecule has 3 N–H and O–H groups in total. The molecule has 0 aliphatic heterocycles. The summed E-state index contributed by atoms with van der Waals surface area (Å²) in [6, 6.07) is 0. The normalized spacial score (nSPS) is 14.6. The van der Waals surface area contributed by atoms with Crippen molar-refractivity contribution in [1.82, 2.24) is 0 Å². The van der Waals surface area contributed by atoms with Crippen molar-refractivity contribution < 1.29 is 80.2 Å². The maximum absolute atomic E-state index is 13.1. The topological polar surface area (TPSA) is 237 Å². The summed E-state index contributed by atoms with van der Waals surface area (Å²) in [5.74, 6) is 0.977. The highest BCUT2D eigenvalue weighted by Gasteiger charge is 2.30. The fourth-order valence-corrected chi connectivity index (χ4v) is 13.4. The molecule has 7 atom stereocenters. The second-order valence-corrected chi connectivity index (χ2v) is 32.4. The first-order valence-electron chi connectivity index (χ1n) is 40.3. The Morgan fingerprint density at radius 3 is 0.732 bits per heavy atom. The number of unbranched alkanes of at least 4 members (excludes halogenated alkanes) is 39. The molecule has 0 saturated heterocycles. The van der Waals surface area contributed by atoms with E-state index in [1.54, 1.807) is 0 Å². The van der Waals surface area contributed by atoms with Gasteiger partial charge < -0.3 is 33.8 Å². The van der Waals surface area contributed by atoms with Crippen molar-refractivity contribution in [1.29, 1.82) is 0 Å². The van der Waals surface area contributed by atoms with Gasteiger partial charge in [-0.05, 0) is 49.4 Å². The van der Waals surface area contributed by atoms with Gasteiger partial charge in [0.1, 0.15) is 19.3 Å². The zero-order valence-electron chi connectivity index (χ0n) is 63.7. The van der Waals surface area contributed by atoms with Crippen LogP contribution in [0.5, 0.6) is 0 Å². The minimum Gasteiger partial charge on any atom is -0.462 e. The van der Waals surface area contributed by atoms with Crippen molar-refractivity contribution in [2.75, 3.05) is 39.6 Å². The summed E-state index contributed by atoms with van der Waals surface area (Å²) in [6.45, 7) is 14.2. The van der Waals surface area contributed by atoms with Crippen molar-refractivity contribution in [3.8, 4) is 0 Å². The molecular formula is C78H152O17P2. The fraction of sp³-hybridized carbons (Fsp3) is 0.949. The third-order valence-electron chi connectivity index (χ3n) is 18.8. The Kier molecular flexibility index (Phi) is 65.9. The number of carbonyl (C=O) groups is 4. The molecule has 0 aromatic carbocycles. The van der Waals surface area contributed by atoms with Crippen LogP contribution in [0.4, 0.5) is 0 Å². The van der Waals surface area contributed by atoms with E-state index in [1.807, 2.05) is 0 Å². The summed E-state index contributed by atoms with van der Waals surface area (Å²) in [4.78, 5) is 72.9. The van der Waals surface area contributed by atoms with Gasteiger partial charge in [-0.2, -0.15) is 0 Å². The number of hydrogen-bond acceptors (Lipinski definition) is 15. The zero-order chi connectivity index (χ0) is 71.7. The molecule has 0 fully saturated rings. The Bertz CT molecular complexity index is 1910. The van der Waals surface area contributed by atoms with E-state index >= 15 is 0 Å². The lowest BCUT2D eigenvalue weighted by Crippen LogP contribution is -2.30. The molecular weight excluding hydrogens is 1270 g/mol. The van der Waals surface area contributed by atoms with E-state index in [9.17, 15) is 43.2 Å². The standard InChI is InChI=1S/C78H152O17P2/c1-9-70(7)56-48-40-32-26-21-22-27-33-42-50-58-75(80)88-64-73(94-78(83)61-53-45-35-29-23-25-31-39-47-55-69(5)6)66-92-96(84,85)90-62-72(79)63-91-97(86,87)93-67-74(65-89-76(81)59-51-43-37-36-41-49-57-71(8)10-2)95-77(82)60-52-44-34-28-20-18-16-14-12-11-13-15-17-19-24-30-38-46-54-68(3)4/h68-74,79H,9-67H2,1-8H3,(H,84,85)(H,86,87)/t70?,71?,72-,73-,74-/m1/s1. The Hall–Kier alpha value is -1.94. The molecule has 0 aromatic rings. The SMILES string of the molecule is CCC(C)CCCCCCCCCCCCC(=O)OC[C@H](COP(=O)(O)OC[C@@H](O)COP(=O)(O)OC[C@@H](COC(=O)CCCCCCCCC(C)CC)OC(=O)CCCCCCCCCCCCCCCCCCCCC(C)C)OC(=O)CCCCCCCCCCCC(C)C. The van der Waals surface area contributed by atoms with Gasteiger partial charge in [0.15, 0.2) is 12.2 Å². The number of phosphoric acid groups is 2. The molecule has 0 aliphatic carbocycles. The Labute approximate surface area is 594 Å². The smallest absolute Gasteiger partial charge is 0.462 e. The number of aliphatic hydroxyl groups excluding tert-OH is 1. The minimum absolute atomic E-state index is 0.105. The molecule has 97 heavy (non-hydrogen) atoms. The number of carbonyl (C=O) groups excluding carboxylic acids is 4. The van der Waals surface area contributed by atoms with Crippen LogP contribution in [0.3, 0.4) is 0 Å². The molecule has 17 nitrogen and oxygen atoms in total. The zero-order valence-corrected chi connectivity index (χ0v) is 65.5. The number of aliphatic hydroxyl groups is 1. The number of hydrogen-bond donors (Lipinski definition) is 3. The van der Waals surface area contributed by atoms with Crippen LogP contribution in [0.15, 0.2) is 0 Å². The molecule has 19 heteroatoms. The van der Waals surface area contributed by atoms with Crippen LogP contribution in [-0.2, 0) is 65.4 Å². The van der Waals surface area contributed by atoms with Crippen molar-refractivity contribution in [3.05, 3.63) is 0 Å². The molecule has 0 aromatic heterocycles. The molecule has 0 amide bonds. The van der Waals surface area contributed by atoms with Gasteiger partial charge in [-0.15, -0.1) is 0 Å². The van der Waals surface area contributed by atoms with Crippen molar-refractivity contribution >= 4 is 39.5 Å². The highest BCUT2D eigenvalue weighted by molar-refractivity contribution is 7.47. The number of rotatable bonds is 75. The van der Waals surface area contributed by atoms with Crippen LogP contribution in [0.25, 0.3) is 0 Å². The van der Waals surface area contributed by atoms with Gasteiger partial charge in [0.2, 0.25) is 0 Å². The first kappa shape index (κ1) is 95.1. The fourth-order valence-electron chi connectivity index (χ4n) is 11.8. The van der Waals surface area contributed by atoms with Gasteiger partial charge >= 0.3 is 39.5 Å². The lowest BCUT2D eigenvalue weighted by molar-refractivity contribution is -0.161. The Balaban J connectivity index is 5.20. The third-order valence-corrected chi connectivity index (χ3v) is 20.7. The van der Waals surface area contributed by atoms with Crippen LogP contribution in [-0.4, -0.2) is 96.7 Å². The molecule has 0 spiro atoms. The third kappa shape index (κ3) is 69.5. The average molecular weight is 1420 g/mol. The quantitative estimate of drug-likeness (QED) is 0.0222. The van der Waals surface area contributed by atoms with E-state index in [0.29, 0.717) is 25.7 Å². The van der Waals surface area contributed by atoms with E-state index in [-0.39, 0.29) is 25.7 Å². The summed E-state index contributed by atoms with van der Waals surface area (Å²) >= 11 is 0. The number of esters is 4. The summed E-state index contributed by atoms with van der Waals surface area (Å²) < 4.78 is 68.6.